The molecule has 0 aliphatic carbocycles. The molecule has 208 valence electrons. The molecule has 4 heterocycles. The van der Waals surface area contributed by atoms with Gasteiger partial charge in [-0.3, -0.25) is 9.59 Å². The van der Waals surface area contributed by atoms with E-state index in [0.29, 0.717) is 76.9 Å². The Morgan fingerprint density at radius 2 is 1.85 bits per heavy atom. The van der Waals surface area contributed by atoms with Gasteiger partial charge in [-0.15, -0.1) is 12.8 Å². The normalized spacial score (nSPS) is 22.5. The van der Waals surface area contributed by atoms with Crippen molar-refractivity contribution in [2.75, 3.05) is 74.6 Å². The zero-order chi connectivity index (χ0) is 28.0. The second kappa shape index (κ2) is 12.3. The average Bonchev–Trinajstić information content (AvgIpc) is 3.46. The predicted molar refractivity (Wildman–Crippen MR) is 147 cm³/mol. The maximum absolute atomic E-state index is 13.3. The summed E-state index contributed by atoms with van der Waals surface area (Å²) in [6.45, 7) is 7.07. The van der Waals surface area contributed by atoms with Crippen LogP contribution in [-0.2, 0) is 19.1 Å². The summed E-state index contributed by atoms with van der Waals surface area (Å²) in [6, 6.07) is 3.72. The van der Waals surface area contributed by atoms with Gasteiger partial charge in [0.15, 0.2) is 17.7 Å². The zero-order valence-corrected chi connectivity index (χ0v) is 22.6. The van der Waals surface area contributed by atoms with Crippen molar-refractivity contribution in [3.8, 4) is 24.7 Å². The molecule has 3 saturated heterocycles. The van der Waals surface area contributed by atoms with Gasteiger partial charge in [-0.05, 0) is 30.9 Å². The minimum atomic E-state index is -1.14. The number of aromatic nitrogens is 1. The van der Waals surface area contributed by atoms with Gasteiger partial charge in [0.25, 0.3) is 5.91 Å². The van der Waals surface area contributed by atoms with Crippen LogP contribution in [0.2, 0.25) is 0 Å². The van der Waals surface area contributed by atoms with E-state index in [1.165, 1.54) is 0 Å². The van der Waals surface area contributed by atoms with Gasteiger partial charge < -0.3 is 34.8 Å². The number of piperazine rings is 1. The van der Waals surface area contributed by atoms with Gasteiger partial charge in [0, 0.05) is 32.7 Å². The van der Waals surface area contributed by atoms with Crippen LogP contribution in [0.25, 0.3) is 0 Å². The lowest BCUT2D eigenvalue weighted by atomic mass is 9.93. The third-order valence-corrected chi connectivity index (χ3v) is 7.17. The molecule has 3 aliphatic rings. The van der Waals surface area contributed by atoms with Crippen LogP contribution in [0.3, 0.4) is 0 Å². The van der Waals surface area contributed by atoms with Crippen LogP contribution >= 0.6 is 0 Å². The van der Waals surface area contributed by atoms with Crippen molar-refractivity contribution in [2.45, 2.75) is 38.3 Å². The lowest BCUT2D eigenvalue weighted by molar-refractivity contribution is -0.141. The summed E-state index contributed by atoms with van der Waals surface area (Å²) in [4.78, 5) is 49.1. The van der Waals surface area contributed by atoms with E-state index in [2.05, 4.69) is 27.4 Å². The first-order chi connectivity index (χ1) is 18.8. The molecule has 3 aliphatic heterocycles. The van der Waals surface area contributed by atoms with Crippen molar-refractivity contribution in [3.63, 3.8) is 0 Å². The molecule has 2 atom stereocenters. The molecule has 0 radical (unpaired) electrons. The molecule has 2 N–H and O–H groups in total. The Kier molecular flexibility index (Phi) is 8.82. The number of rotatable bonds is 10. The number of terminal acetylenes is 2. The lowest BCUT2D eigenvalue weighted by Gasteiger charge is -2.36. The quantitative estimate of drug-likeness (QED) is 0.338. The maximum atomic E-state index is 13.3. The molecule has 0 spiro atoms. The Bertz CT molecular complexity index is 1170. The van der Waals surface area contributed by atoms with Gasteiger partial charge in [-0.25, -0.2) is 9.78 Å². The Morgan fingerprint density at radius 3 is 2.54 bits per heavy atom. The fourth-order valence-corrected chi connectivity index (χ4v) is 5.20. The fraction of sp³-hybridized carbons (Fsp3) is 0.571. The van der Waals surface area contributed by atoms with E-state index in [1.54, 1.807) is 9.80 Å². The second-order valence-electron chi connectivity index (χ2n) is 10.3. The van der Waals surface area contributed by atoms with Crippen molar-refractivity contribution < 1.29 is 23.9 Å². The number of nitrogens with one attached hydrogen (secondary N) is 2. The number of amides is 2. The van der Waals surface area contributed by atoms with Crippen LogP contribution in [0.1, 0.15) is 26.7 Å². The number of ketones is 1. The summed E-state index contributed by atoms with van der Waals surface area (Å²) in [5, 5.41) is 6.27. The number of hydrogen-bond acceptors (Lipinski definition) is 9. The number of carbonyl (C=O) groups is 3. The first kappa shape index (κ1) is 28.1. The van der Waals surface area contributed by atoms with Crippen molar-refractivity contribution in [3.05, 3.63) is 12.1 Å². The van der Waals surface area contributed by atoms with Crippen molar-refractivity contribution >= 4 is 35.1 Å². The van der Waals surface area contributed by atoms with Crippen molar-refractivity contribution in [1.82, 2.24) is 14.8 Å². The van der Waals surface area contributed by atoms with Gasteiger partial charge in [0.05, 0.1) is 25.4 Å². The van der Waals surface area contributed by atoms with Crippen molar-refractivity contribution in [1.29, 1.82) is 0 Å². The number of Topliss-reactive ketones (excluding diaryl/α,β-unsaturated/α-hetero) is 1. The highest BCUT2D eigenvalue weighted by molar-refractivity contribution is 6.16. The first-order valence-electron chi connectivity index (χ1n) is 13.3. The molecule has 0 aromatic carbocycles. The summed E-state index contributed by atoms with van der Waals surface area (Å²) in [7, 11) is 0. The molecule has 1 aromatic heterocycles. The van der Waals surface area contributed by atoms with E-state index >= 15 is 0 Å². The molecule has 0 saturated carbocycles. The van der Waals surface area contributed by atoms with Crippen LogP contribution < -0.4 is 15.5 Å². The minimum absolute atomic E-state index is 0.164. The number of ether oxygens (including phenoxy) is 2. The fourth-order valence-electron chi connectivity index (χ4n) is 5.20. The molecule has 3 fully saturated rings. The molecule has 2 unspecified atom stereocenters. The standard InChI is InChI=1S/C28H36N6O5/c1-5-11-29-21-8-9-22(30-12-6-2)31-25(21)32-14-16-33(17-15-32)27(37)39-19-28-10-7-13-34(28)26(36)23(24(28)35)38-18-20(3)4/h1-2,8-9,20,23,29H,7,10-19H2,3-4H3,(H,30,31). The van der Waals surface area contributed by atoms with Crippen LogP contribution in [0.4, 0.5) is 22.1 Å². The third kappa shape index (κ3) is 5.89. The van der Waals surface area contributed by atoms with Crippen LogP contribution in [0.5, 0.6) is 0 Å². The highest BCUT2D eigenvalue weighted by Crippen LogP contribution is 2.39. The monoisotopic (exact) mass is 536 g/mol. The topological polar surface area (TPSA) is 116 Å². The molecule has 39 heavy (non-hydrogen) atoms. The molecule has 1 aromatic rings. The second-order valence-corrected chi connectivity index (χ2v) is 10.3. The molecule has 0 bridgehead atoms. The lowest BCUT2D eigenvalue weighted by Crippen LogP contribution is -2.52. The van der Waals surface area contributed by atoms with Crippen molar-refractivity contribution in [2.24, 2.45) is 5.92 Å². The van der Waals surface area contributed by atoms with E-state index in [1.807, 2.05) is 26.0 Å². The Labute approximate surface area is 229 Å². The SMILES string of the molecule is C#CCNc1ccc(NCC#C)c(N2CCN(C(=O)OCC34CCCN3C(=O)C(OCC(C)C)C4=O)CC2)n1. The summed E-state index contributed by atoms with van der Waals surface area (Å²) >= 11 is 0. The summed E-state index contributed by atoms with van der Waals surface area (Å²) in [5.41, 5.74) is -0.349. The maximum Gasteiger partial charge on any atom is 0.409 e. The van der Waals surface area contributed by atoms with Gasteiger partial charge in [0.1, 0.15) is 18.0 Å². The van der Waals surface area contributed by atoms with E-state index in [-0.39, 0.29) is 24.2 Å². The average molecular weight is 537 g/mol. The minimum Gasteiger partial charge on any atom is -0.446 e. The van der Waals surface area contributed by atoms with Gasteiger partial charge in [0.2, 0.25) is 0 Å². The van der Waals surface area contributed by atoms with Gasteiger partial charge >= 0.3 is 6.09 Å². The molecule has 11 nitrogen and oxygen atoms in total. The largest absolute Gasteiger partial charge is 0.446 e. The van der Waals surface area contributed by atoms with E-state index in [0.717, 1.165) is 5.69 Å². The number of carbonyl (C=O) groups excluding carboxylic acids is 3. The number of nitrogens with zero attached hydrogens (tertiary/aromatic N) is 4. The Balaban J connectivity index is 1.37. The number of pyridine rings is 1. The Morgan fingerprint density at radius 1 is 1.13 bits per heavy atom. The highest BCUT2D eigenvalue weighted by atomic mass is 16.6. The molecular weight excluding hydrogens is 500 g/mol. The van der Waals surface area contributed by atoms with Crippen LogP contribution in [0, 0.1) is 30.6 Å². The predicted octanol–water partition coefficient (Wildman–Crippen LogP) is 1.42. The Hall–Kier alpha value is -3.96. The van der Waals surface area contributed by atoms with E-state index < -0.39 is 17.7 Å². The summed E-state index contributed by atoms with van der Waals surface area (Å²) in [5.74, 6) is 6.00. The molecular formula is C28H36N6O5. The number of fused-ring (bicyclic) bond motifs is 1. The van der Waals surface area contributed by atoms with Gasteiger partial charge in [-0.1, -0.05) is 25.7 Å². The molecule has 4 rings (SSSR count). The summed E-state index contributed by atoms with van der Waals surface area (Å²) in [6.07, 6.45) is 10.3. The number of hydrogen-bond donors (Lipinski definition) is 2. The smallest absolute Gasteiger partial charge is 0.409 e. The van der Waals surface area contributed by atoms with Gasteiger partial charge in [-0.2, -0.15) is 0 Å². The number of anilines is 3. The van der Waals surface area contributed by atoms with Crippen LogP contribution in [0.15, 0.2) is 12.1 Å². The third-order valence-electron chi connectivity index (χ3n) is 7.17. The van der Waals surface area contributed by atoms with E-state index in [4.69, 9.17) is 27.3 Å². The molecule has 11 heteroatoms. The highest BCUT2D eigenvalue weighted by Gasteiger charge is 2.61. The first-order valence-corrected chi connectivity index (χ1v) is 13.3. The molecule has 2 amide bonds. The zero-order valence-electron chi connectivity index (χ0n) is 22.6. The van der Waals surface area contributed by atoms with Crippen LogP contribution in [-0.4, -0.2) is 103 Å². The van der Waals surface area contributed by atoms with E-state index in [9.17, 15) is 14.4 Å². The summed E-state index contributed by atoms with van der Waals surface area (Å²) < 4.78 is 11.3.